The summed E-state index contributed by atoms with van der Waals surface area (Å²) in [4.78, 5) is 12.0. The van der Waals surface area contributed by atoms with Crippen molar-refractivity contribution in [2.75, 3.05) is 5.32 Å². The topological polar surface area (TPSA) is 52.9 Å². The molecule has 1 N–H and O–H groups in total. The Morgan fingerprint density at radius 3 is 2.32 bits per heavy atom. The van der Waals surface area contributed by atoms with E-state index in [1.165, 1.54) is 0 Å². The average Bonchev–Trinajstić information content (AvgIpc) is 2.42. The summed E-state index contributed by atoms with van der Waals surface area (Å²) in [6, 6.07) is 16.7. The second-order valence-corrected chi connectivity index (χ2v) is 5.24. The molecule has 0 radical (unpaired) electrons. The predicted octanol–water partition coefficient (Wildman–Crippen LogP) is 3.61. The van der Waals surface area contributed by atoms with Crippen molar-refractivity contribution in [1.29, 1.82) is 5.26 Å². The number of rotatable bonds is 3. The highest BCUT2D eigenvalue weighted by molar-refractivity contribution is 14.1. The lowest BCUT2D eigenvalue weighted by atomic mass is 10.1. The number of nitriles is 1. The van der Waals surface area contributed by atoms with Crippen molar-refractivity contribution in [3.8, 4) is 6.07 Å². The maximum atomic E-state index is 12.0. The highest BCUT2D eigenvalue weighted by Gasteiger charge is 2.05. The minimum atomic E-state index is -0.135. The number of halogens is 1. The molecule has 19 heavy (non-hydrogen) atoms. The summed E-state index contributed by atoms with van der Waals surface area (Å²) >= 11 is 2.20. The van der Waals surface area contributed by atoms with Gasteiger partial charge in [-0.25, -0.2) is 0 Å². The molecule has 0 fully saturated rings. The summed E-state index contributed by atoms with van der Waals surface area (Å²) in [5.74, 6) is -0.135. The predicted molar refractivity (Wildman–Crippen MR) is 82.9 cm³/mol. The SMILES string of the molecule is N#CCc1ccc(NC(=O)c2ccc(I)cc2)cc1. The molecule has 3 nitrogen and oxygen atoms in total. The molecule has 0 bridgehead atoms. The van der Waals surface area contributed by atoms with E-state index in [0.29, 0.717) is 12.0 Å². The summed E-state index contributed by atoms with van der Waals surface area (Å²) in [6.07, 6.45) is 0.380. The Morgan fingerprint density at radius 2 is 1.74 bits per heavy atom. The lowest BCUT2D eigenvalue weighted by Gasteiger charge is -2.06. The van der Waals surface area contributed by atoms with E-state index in [-0.39, 0.29) is 5.91 Å². The van der Waals surface area contributed by atoms with Gasteiger partial charge in [0.1, 0.15) is 0 Å². The van der Waals surface area contributed by atoms with E-state index in [0.717, 1.165) is 14.8 Å². The number of amides is 1. The lowest BCUT2D eigenvalue weighted by Crippen LogP contribution is -2.11. The van der Waals surface area contributed by atoms with E-state index in [1.807, 2.05) is 24.3 Å². The van der Waals surface area contributed by atoms with Crippen molar-refractivity contribution in [3.63, 3.8) is 0 Å². The van der Waals surface area contributed by atoms with Gasteiger partial charge in [0, 0.05) is 14.8 Å². The molecule has 0 atom stereocenters. The average molecular weight is 362 g/mol. The molecule has 0 unspecified atom stereocenters. The first-order chi connectivity index (χ1) is 9.19. The van der Waals surface area contributed by atoms with Crippen LogP contribution in [0.3, 0.4) is 0 Å². The molecule has 0 aliphatic heterocycles. The standard InChI is InChI=1S/C15H11IN2O/c16-13-5-3-12(4-6-13)15(19)18-14-7-1-11(2-8-14)9-10-17/h1-8H,9H2,(H,18,19). The first kappa shape index (κ1) is 13.6. The number of nitrogens with zero attached hydrogens (tertiary/aromatic N) is 1. The van der Waals surface area contributed by atoms with Crippen molar-refractivity contribution in [2.24, 2.45) is 0 Å². The van der Waals surface area contributed by atoms with Gasteiger partial charge in [0.25, 0.3) is 5.91 Å². The van der Waals surface area contributed by atoms with Crippen molar-refractivity contribution in [3.05, 3.63) is 63.2 Å². The summed E-state index contributed by atoms with van der Waals surface area (Å²) < 4.78 is 1.09. The molecule has 0 aromatic heterocycles. The molecule has 0 saturated carbocycles. The Balaban J connectivity index is 2.06. The number of hydrogen-bond donors (Lipinski definition) is 1. The summed E-state index contributed by atoms with van der Waals surface area (Å²) in [5, 5.41) is 11.4. The summed E-state index contributed by atoms with van der Waals surface area (Å²) in [7, 11) is 0. The molecule has 0 heterocycles. The van der Waals surface area contributed by atoms with Gasteiger partial charge in [-0.05, 0) is 64.6 Å². The highest BCUT2D eigenvalue weighted by Crippen LogP contribution is 2.13. The van der Waals surface area contributed by atoms with Gasteiger partial charge in [0.2, 0.25) is 0 Å². The van der Waals surface area contributed by atoms with Gasteiger partial charge in [-0.2, -0.15) is 5.26 Å². The Hall–Kier alpha value is -1.87. The van der Waals surface area contributed by atoms with Crippen LogP contribution in [0.1, 0.15) is 15.9 Å². The van der Waals surface area contributed by atoms with Gasteiger partial charge in [-0.3, -0.25) is 4.79 Å². The number of benzene rings is 2. The van der Waals surface area contributed by atoms with E-state index in [1.54, 1.807) is 24.3 Å². The Morgan fingerprint density at radius 1 is 1.11 bits per heavy atom. The van der Waals surface area contributed by atoms with Crippen molar-refractivity contribution >= 4 is 34.2 Å². The first-order valence-electron chi connectivity index (χ1n) is 5.72. The quantitative estimate of drug-likeness (QED) is 0.849. The third-order valence-electron chi connectivity index (χ3n) is 2.60. The molecule has 94 valence electrons. The van der Waals surface area contributed by atoms with Crippen LogP contribution in [0.25, 0.3) is 0 Å². The van der Waals surface area contributed by atoms with Crippen LogP contribution in [0.4, 0.5) is 5.69 Å². The largest absolute Gasteiger partial charge is 0.322 e. The molecule has 2 rings (SSSR count). The van der Waals surface area contributed by atoms with Crippen LogP contribution in [0.5, 0.6) is 0 Å². The highest BCUT2D eigenvalue weighted by atomic mass is 127. The lowest BCUT2D eigenvalue weighted by molar-refractivity contribution is 0.102. The smallest absolute Gasteiger partial charge is 0.255 e. The van der Waals surface area contributed by atoms with Crippen LogP contribution in [0, 0.1) is 14.9 Å². The normalized spacial score (nSPS) is 9.68. The van der Waals surface area contributed by atoms with Crippen LogP contribution in [0.15, 0.2) is 48.5 Å². The first-order valence-corrected chi connectivity index (χ1v) is 6.80. The van der Waals surface area contributed by atoms with E-state index < -0.39 is 0 Å². The summed E-state index contributed by atoms with van der Waals surface area (Å²) in [5.41, 5.74) is 2.29. The van der Waals surface area contributed by atoms with Crippen LogP contribution in [-0.2, 0) is 6.42 Å². The van der Waals surface area contributed by atoms with Gasteiger partial charge in [-0.15, -0.1) is 0 Å². The zero-order valence-corrected chi connectivity index (χ0v) is 12.2. The third-order valence-corrected chi connectivity index (χ3v) is 3.32. The molecule has 1 amide bonds. The van der Waals surface area contributed by atoms with Crippen LogP contribution < -0.4 is 5.32 Å². The molecular formula is C15H11IN2O. The minimum absolute atomic E-state index is 0.135. The zero-order chi connectivity index (χ0) is 13.7. The fourth-order valence-corrected chi connectivity index (χ4v) is 1.96. The molecule has 2 aromatic rings. The van der Waals surface area contributed by atoms with Crippen molar-refractivity contribution in [1.82, 2.24) is 0 Å². The third kappa shape index (κ3) is 3.80. The monoisotopic (exact) mass is 362 g/mol. The molecule has 2 aromatic carbocycles. The fourth-order valence-electron chi connectivity index (χ4n) is 1.60. The maximum absolute atomic E-state index is 12.0. The molecule has 0 aliphatic rings. The molecule has 4 heteroatoms. The number of anilines is 1. The molecular weight excluding hydrogens is 351 g/mol. The number of carbonyl (C=O) groups excluding carboxylic acids is 1. The maximum Gasteiger partial charge on any atom is 0.255 e. The summed E-state index contributed by atoms with van der Waals surface area (Å²) in [6.45, 7) is 0. The van der Waals surface area contributed by atoms with Gasteiger partial charge in [-0.1, -0.05) is 12.1 Å². The van der Waals surface area contributed by atoms with E-state index in [4.69, 9.17) is 5.26 Å². The number of carbonyl (C=O) groups is 1. The van der Waals surface area contributed by atoms with Gasteiger partial charge in [0.15, 0.2) is 0 Å². The second-order valence-electron chi connectivity index (χ2n) is 3.99. The molecule has 0 saturated heterocycles. The van der Waals surface area contributed by atoms with Gasteiger partial charge in [0.05, 0.1) is 12.5 Å². The van der Waals surface area contributed by atoms with E-state index in [2.05, 4.69) is 34.0 Å². The number of hydrogen-bond acceptors (Lipinski definition) is 2. The van der Waals surface area contributed by atoms with E-state index >= 15 is 0 Å². The van der Waals surface area contributed by atoms with Gasteiger partial charge >= 0.3 is 0 Å². The Labute approximate surface area is 125 Å². The molecule has 0 spiro atoms. The Bertz CT molecular complexity index is 612. The van der Waals surface area contributed by atoms with E-state index in [9.17, 15) is 4.79 Å². The Kier molecular flexibility index (Phi) is 4.53. The van der Waals surface area contributed by atoms with Crippen molar-refractivity contribution < 1.29 is 4.79 Å². The second kappa shape index (κ2) is 6.34. The van der Waals surface area contributed by atoms with Crippen molar-refractivity contribution in [2.45, 2.75) is 6.42 Å². The number of nitrogens with one attached hydrogen (secondary N) is 1. The van der Waals surface area contributed by atoms with Crippen LogP contribution in [-0.4, -0.2) is 5.91 Å². The van der Waals surface area contributed by atoms with Gasteiger partial charge < -0.3 is 5.32 Å². The fraction of sp³-hybridized carbons (Fsp3) is 0.0667. The van der Waals surface area contributed by atoms with Crippen LogP contribution in [0.2, 0.25) is 0 Å². The molecule has 0 aliphatic carbocycles. The van der Waals surface area contributed by atoms with Crippen LogP contribution >= 0.6 is 22.6 Å². The minimum Gasteiger partial charge on any atom is -0.322 e. The zero-order valence-electron chi connectivity index (χ0n) is 10.1.